The molecule has 1 aliphatic heterocycles. The number of ether oxygens (including phenoxy) is 2. The van der Waals surface area contributed by atoms with E-state index in [1.54, 1.807) is 24.3 Å². The van der Waals surface area contributed by atoms with E-state index in [0.29, 0.717) is 21.9 Å². The Morgan fingerprint density at radius 3 is 2.46 bits per heavy atom. The smallest absolute Gasteiger partial charge is 0.341 e. The van der Waals surface area contributed by atoms with Gasteiger partial charge in [0, 0.05) is 6.42 Å². The number of carbonyl (C=O) groups is 2. The van der Waals surface area contributed by atoms with Crippen LogP contribution in [0.5, 0.6) is 5.75 Å². The predicted molar refractivity (Wildman–Crippen MR) is 109 cm³/mol. The van der Waals surface area contributed by atoms with E-state index in [9.17, 15) is 9.59 Å². The maximum absolute atomic E-state index is 12.9. The van der Waals surface area contributed by atoms with E-state index in [2.05, 4.69) is 38.3 Å². The highest BCUT2D eigenvalue weighted by molar-refractivity contribution is 7.17. The van der Waals surface area contributed by atoms with Gasteiger partial charge in [0.25, 0.3) is 5.91 Å². The Bertz CT molecular complexity index is 930. The number of fused-ring (bicyclic) bond motifs is 1. The Morgan fingerprint density at radius 2 is 1.82 bits per heavy atom. The average Bonchev–Trinajstić information content (AvgIpc) is 2.97. The van der Waals surface area contributed by atoms with E-state index in [1.807, 2.05) is 0 Å². The van der Waals surface area contributed by atoms with Crippen molar-refractivity contribution < 1.29 is 24.4 Å². The number of rotatable bonds is 4. The molecular formula is C21H27N2O4S+. The van der Waals surface area contributed by atoms with Crippen LogP contribution < -0.4 is 15.4 Å². The summed E-state index contributed by atoms with van der Waals surface area (Å²) in [6.07, 6.45) is 0.719. The van der Waals surface area contributed by atoms with Gasteiger partial charge in [0.15, 0.2) is 0 Å². The van der Waals surface area contributed by atoms with Crippen LogP contribution in [0, 0.1) is 0 Å². The molecule has 0 radical (unpaired) electrons. The normalized spacial score (nSPS) is 16.8. The number of thiophene rings is 1. The molecule has 0 unspecified atom stereocenters. The molecule has 1 aromatic carbocycles. The molecule has 1 aliphatic rings. The SMILES string of the molecule is COC(=O)c1c(NC(=O)c2ccccc2OC)sc2c1CC(C)(C)[NH2+]C2(C)C. The monoisotopic (exact) mass is 403 g/mol. The molecule has 0 bridgehead atoms. The summed E-state index contributed by atoms with van der Waals surface area (Å²) in [4.78, 5) is 26.6. The molecule has 7 heteroatoms. The van der Waals surface area contributed by atoms with Gasteiger partial charge in [-0.15, -0.1) is 11.3 Å². The quantitative estimate of drug-likeness (QED) is 0.769. The van der Waals surface area contributed by atoms with Crippen molar-refractivity contribution >= 4 is 28.2 Å². The topological polar surface area (TPSA) is 81.2 Å². The Kier molecular flexibility index (Phi) is 5.25. The van der Waals surface area contributed by atoms with Gasteiger partial charge in [0.2, 0.25) is 0 Å². The number of esters is 1. The highest BCUT2D eigenvalue weighted by Crippen LogP contribution is 2.42. The van der Waals surface area contributed by atoms with Gasteiger partial charge in [0.05, 0.1) is 35.8 Å². The zero-order valence-corrected chi connectivity index (χ0v) is 18.0. The number of quaternary nitrogens is 1. The van der Waals surface area contributed by atoms with Crippen LogP contribution in [0.25, 0.3) is 0 Å². The van der Waals surface area contributed by atoms with Crippen molar-refractivity contribution in [1.82, 2.24) is 0 Å². The minimum absolute atomic E-state index is 0.0652. The third kappa shape index (κ3) is 3.64. The van der Waals surface area contributed by atoms with Crippen LogP contribution in [0.15, 0.2) is 24.3 Å². The summed E-state index contributed by atoms with van der Waals surface area (Å²) >= 11 is 1.44. The standard InChI is InChI=1S/C21H26N2O4S/c1-20(2)11-13-15(19(25)27-6)18(28-16(13)21(3,4)23-20)22-17(24)12-9-7-8-10-14(12)26-5/h7-10,23H,11H2,1-6H3,(H,22,24)/p+1. The molecule has 2 aromatic rings. The highest BCUT2D eigenvalue weighted by atomic mass is 32.1. The van der Waals surface area contributed by atoms with Gasteiger partial charge in [-0.1, -0.05) is 12.1 Å². The number of nitrogens with one attached hydrogen (secondary N) is 1. The number of methoxy groups -OCH3 is 2. The number of benzene rings is 1. The third-order valence-corrected chi connectivity index (χ3v) is 6.43. The van der Waals surface area contributed by atoms with Crippen molar-refractivity contribution in [2.75, 3.05) is 19.5 Å². The van der Waals surface area contributed by atoms with Crippen molar-refractivity contribution in [3.63, 3.8) is 0 Å². The van der Waals surface area contributed by atoms with Crippen LogP contribution in [0.1, 0.15) is 58.9 Å². The molecule has 0 saturated carbocycles. The van der Waals surface area contributed by atoms with Crippen LogP contribution in [0.3, 0.4) is 0 Å². The summed E-state index contributed by atoms with van der Waals surface area (Å²) in [6.45, 7) is 8.58. The van der Waals surface area contributed by atoms with Gasteiger partial charge in [0.1, 0.15) is 16.3 Å². The van der Waals surface area contributed by atoms with Crippen molar-refractivity contribution in [1.29, 1.82) is 0 Å². The maximum atomic E-state index is 12.9. The van der Waals surface area contributed by atoms with Gasteiger partial charge in [-0.3, -0.25) is 4.79 Å². The van der Waals surface area contributed by atoms with Crippen molar-refractivity contribution in [2.45, 2.75) is 45.2 Å². The van der Waals surface area contributed by atoms with E-state index >= 15 is 0 Å². The first-order chi connectivity index (χ1) is 13.1. The van der Waals surface area contributed by atoms with Gasteiger partial charge in [-0.05, 0) is 45.4 Å². The molecule has 1 amide bonds. The zero-order valence-electron chi connectivity index (χ0n) is 17.1. The number of para-hydroxylation sites is 1. The van der Waals surface area contributed by atoms with E-state index in [1.165, 1.54) is 25.6 Å². The van der Waals surface area contributed by atoms with Gasteiger partial charge in [-0.25, -0.2) is 4.79 Å². The second-order valence-corrected chi connectivity index (χ2v) is 9.31. The minimum Gasteiger partial charge on any atom is -0.496 e. The molecule has 2 heterocycles. The van der Waals surface area contributed by atoms with Crippen LogP contribution in [0.2, 0.25) is 0 Å². The lowest BCUT2D eigenvalue weighted by atomic mass is 9.81. The zero-order chi connectivity index (χ0) is 20.7. The molecule has 0 aliphatic carbocycles. The number of anilines is 1. The Labute approximate surface area is 169 Å². The number of amides is 1. The summed E-state index contributed by atoms with van der Waals surface area (Å²) in [5.41, 5.74) is 1.56. The largest absolute Gasteiger partial charge is 0.496 e. The molecule has 0 atom stereocenters. The average molecular weight is 404 g/mol. The van der Waals surface area contributed by atoms with Crippen LogP contribution in [-0.2, 0) is 16.7 Å². The molecule has 150 valence electrons. The first-order valence-corrected chi connectivity index (χ1v) is 9.97. The van der Waals surface area contributed by atoms with Crippen LogP contribution in [0.4, 0.5) is 5.00 Å². The lowest BCUT2D eigenvalue weighted by Gasteiger charge is -2.38. The fourth-order valence-corrected chi connectivity index (χ4v) is 5.39. The fourth-order valence-electron chi connectivity index (χ4n) is 4.11. The number of carbonyl (C=O) groups excluding carboxylic acids is 2. The molecule has 0 saturated heterocycles. The van der Waals surface area contributed by atoms with E-state index < -0.39 is 5.97 Å². The molecular weight excluding hydrogens is 376 g/mol. The summed E-state index contributed by atoms with van der Waals surface area (Å²) in [5, 5.41) is 5.76. The summed E-state index contributed by atoms with van der Waals surface area (Å²) in [7, 11) is 2.89. The predicted octanol–water partition coefficient (Wildman–Crippen LogP) is 2.93. The van der Waals surface area contributed by atoms with E-state index in [4.69, 9.17) is 9.47 Å². The first kappa shape index (κ1) is 20.4. The lowest BCUT2D eigenvalue weighted by molar-refractivity contribution is -0.789. The number of hydrogen-bond donors (Lipinski definition) is 2. The molecule has 6 nitrogen and oxygen atoms in total. The number of hydrogen-bond acceptors (Lipinski definition) is 5. The second kappa shape index (κ2) is 7.22. The molecule has 0 fully saturated rings. The van der Waals surface area contributed by atoms with Gasteiger partial charge in [-0.2, -0.15) is 0 Å². The molecule has 1 aromatic heterocycles. The Morgan fingerprint density at radius 1 is 1.14 bits per heavy atom. The van der Waals surface area contributed by atoms with Gasteiger partial charge < -0.3 is 20.1 Å². The van der Waals surface area contributed by atoms with Crippen LogP contribution in [-0.4, -0.2) is 31.6 Å². The molecule has 3 rings (SSSR count). The van der Waals surface area contributed by atoms with Crippen molar-refractivity contribution in [3.8, 4) is 5.75 Å². The highest BCUT2D eigenvalue weighted by Gasteiger charge is 2.45. The van der Waals surface area contributed by atoms with E-state index in [-0.39, 0.29) is 17.0 Å². The van der Waals surface area contributed by atoms with Crippen LogP contribution >= 0.6 is 11.3 Å². The fraction of sp³-hybridized carbons (Fsp3) is 0.429. The second-order valence-electron chi connectivity index (χ2n) is 8.29. The lowest BCUT2D eigenvalue weighted by Crippen LogP contribution is -3.03. The van der Waals surface area contributed by atoms with Crippen molar-refractivity contribution in [2.24, 2.45) is 0 Å². The Hall–Kier alpha value is -2.38. The minimum atomic E-state index is -0.429. The van der Waals surface area contributed by atoms with Crippen molar-refractivity contribution in [3.05, 3.63) is 45.8 Å². The van der Waals surface area contributed by atoms with E-state index in [0.717, 1.165) is 16.9 Å². The summed E-state index contributed by atoms with van der Waals surface area (Å²) in [6, 6.07) is 7.01. The third-order valence-electron chi connectivity index (χ3n) is 4.94. The molecule has 0 spiro atoms. The first-order valence-electron chi connectivity index (χ1n) is 9.15. The molecule has 3 N–H and O–H groups in total. The maximum Gasteiger partial charge on any atom is 0.341 e. The summed E-state index contributed by atoms with van der Waals surface area (Å²) < 4.78 is 10.3. The Balaban J connectivity index is 2.08. The number of nitrogens with two attached hydrogens (primary N) is 1. The molecule has 28 heavy (non-hydrogen) atoms. The van der Waals surface area contributed by atoms with Gasteiger partial charge >= 0.3 is 5.97 Å². The summed E-state index contributed by atoms with van der Waals surface area (Å²) in [5.74, 6) is -0.265.